The molecule has 1 fully saturated rings. The number of hydrogen-bond acceptors (Lipinski definition) is 2. The van der Waals surface area contributed by atoms with Crippen LogP contribution >= 0.6 is 0 Å². The van der Waals surface area contributed by atoms with Crippen LogP contribution in [0, 0.1) is 17.0 Å². The van der Waals surface area contributed by atoms with Crippen LogP contribution < -0.4 is 5.32 Å². The Bertz CT molecular complexity index is 425. The number of Topliss-reactive ketones (excluding diaryl/α,β-unsaturated/α-hetero) is 1. The molecule has 1 aliphatic heterocycles. The van der Waals surface area contributed by atoms with Crippen LogP contribution in [0.1, 0.15) is 23.7 Å². The molecule has 1 atom stereocenters. The van der Waals surface area contributed by atoms with E-state index < -0.39 is 17.0 Å². The zero-order valence-electron chi connectivity index (χ0n) is 9.02. The average molecular weight is 225 g/mol. The van der Waals surface area contributed by atoms with E-state index in [0.29, 0.717) is 13.0 Å². The zero-order chi connectivity index (χ0) is 11.8. The summed E-state index contributed by atoms with van der Waals surface area (Å²) in [6.45, 7) is 3.10. The maximum Gasteiger partial charge on any atom is 0.172 e. The molecule has 2 nitrogen and oxygen atoms in total. The van der Waals surface area contributed by atoms with Crippen molar-refractivity contribution in [2.75, 3.05) is 13.1 Å². The highest BCUT2D eigenvalue weighted by atomic mass is 19.1. The summed E-state index contributed by atoms with van der Waals surface area (Å²) in [4.78, 5) is 12.1. The van der Waals surface area contributed by atoms with E-state index in [1.54, 1.807) is 6.92 Å². The maximum absolute atomic E-state index is 13.4. The van der Waals surface area contributed by atoms with Gasteiger partial charge in [0.25, 0.3) is 0 Å². The van der Waals surface area contributed by atoms with Gasteiger partial charge in [-0.2, -0.15) is 0 Å². The van der Waals surface area contributed by atoms with Gasteiger partial charge in [0.2, 0.25) is 0 Å². The summed E-state index contributed by atoms with van der Waals surface area (Å²) in [6.07, 6.45) is 0.683. The van der Waals surface area contributed by atoms with Crippen molar-refractivity contribution in [3.05, 3.63) is 35.4 Å². The predicted molar refractivity (Wildman–Crippen MR) is 56.3 cm³/mol. The van der Waals surface area contributed by atoms with Crippen LogP contribution in [-0.2, 0) is 0 Å². The van der Waals surface area contributed by atoms with Gasteiger partial charge in [-0.05, 0) is 25.1 Å². The molecule has 16 heavy (non-hydrogen) atoms. The summed E-state index contributed by atoms with van der Waals surface area (Å²) in [5.41, 5.74) is -0.592. The van der Waals surface area contributed by atoms with Crippen LogP contribution in [0.5, 0.6) is 0 Å². The van der Waals surface area contributed by atoms with E-state index in [9.17, 15) is 13.6 Å². The first-order chi connectivity index (χ1) is 7.53. The SMILES string of the molecule is CC1(C(=O)c2ccc(F)cc2F)CCNC1. The molecule has 1 aliphatic rings. The molecule has 86 valence electrons. The fourth-order valence-corrected chi connectivity index (χ4v) is 2.01. The topological polar surface area (TPSA) is 29.1 Å². The highest BCUT2D eigenvalue weighted by molar-refractivity contribution is 6.00. The molecule has 1 aromatic carbocycles. The lowest BCUT2D eigenvalue weighted by Crippen LogP contribution is -2.30. The third-order valence-electron chi connectivity index (χ3n) is 3.09. The van der Waals surface area contributed by atoms with Crippen molar-refractivity contribution < 1.29 is 13.6 Å². The van der Waals surface area contributed by atoms with Crippen molar-refractivity contribution in [2.45, 2.75) is 13.3 Å². The number of nitrogens with one attached hydrogen (secondary N) is 1. The van der Waals surface area contributed by atoms with E-state index in [-0.39, 0.29) is 11.3 Å². The van der Waals surface area contributed by atoms with Gasteiger partial charge in [0.05, 0.1) is 5.56 Å². The lowest BCUT2D eigenvalue weighted by Gasteiger charge is -2.21. The van der Waals surface area contributed by atoms with Crippen LogP contribution in [0.2, 0.25) is 0 Å². The van der Waals surface area contributed by atoms with E-state index in [4.69, 9.17) is 0 Å². The van der Waals surface area contributed by atoms with Gasteiger partial charge in [0.1, 0.15) is 11.6 Å². The van der Waals surface area contributed by atoms with Crippen LogP contribution in [0.15, 0.2) is 18.2 Å². The third kappa shape index (κ3) is 1.85. The second-order valence-corrected chi connectivity index (χ2v) is 4.44. The van der Waals surface area contributed by atoms with E-state index in [2.05, 4.69) is 5.32 Å². The van der Waals surface area contributed by atoms with Crippen molar-refractivity contribution in [3.63, 3.8) is 0 Å². The van der Waals surface area contributed by atoms with Crippen molar-refractivity contribution in [1.82, 2.24) is 5.32 Å². The molecule has 0 radical (unpaired) electrons. The molecular weight excluding hydrogens is 212 g/mol. The molecule has 1 unspecified atom stereocenters. The van der Waals surface area contributed by atoms with E-state index in [0.717, 1.165) is 18.7 Å². The van der Waals surface area contributed by atoms with Gasteiger partial charge in [-0.3, -0.25) is 4.79 Å². The summed E-state index contributed by atoms with van der Waals surface area (Å²) in [5.74, 6) is -1.70. The number of ketones is 1. The second kappa shape index (κ2) is 3.94. The maximum atomic E-state index is 13.4. The van der Waals surface area contributed by atoms with Crippen LogP contribution in [0.3, 0.4) is 0 Å². The summed E-state index contributed by atoms with van der Waals surface area (Å²) >= 11 is 0. The Morgan fingerprint density at radius 2 is 2.19 bits per heavy atom. The lowest BCUT2D eigenvalue weighted by atomic mass is 9.81. The minimum Gasteiger partial charge on any atom is -0.316 e. The molecule has 1 saturated heterocycles. The number of hydrogen-bond donors (Lipinski definition) is 1. The lowest BCUT2D eigenvalue weighted by molar-refractivity contribution is 0.0835. The van der Waals surface area contributed by atoms with Crippen LogP contribution in [0.4, 0.5) is 8.78 Å². The third-order valence-corrected chi connectivity index (χ3v) is 3.09. The summed E-state index contributed by atoms with van der Waals surface area (Å²) in [7, 11) is 0. The molecule has 0 amide bonds. The molecule has 1 heterocycles. The minimum absolute atomic E-state index is 0.0207. The zero-order valence-corrected chi connectivity index (χ0v) is 9.02. The summed E-state index contributed by atoms with van der Waals surface area (Å²) in [5, 5.41) is 3.08. The Hall–Kier alpha value is -1.29. The Balaban J connectivity index is 2.33. The first kappa shape index (κ1) is 11.2. The van der Waals surface area contributed by atoms with Gasteiger partial charge in [-0.25, -0.2) is 8.78 Å². The standard InChI is InChI=1S/C12H13F2NO/c1-12(4-5-15-7-12)11(16)9-3-2-8(13)6-10(9)14/h2-3,6,15H,4-5,7H2,1H3. The molecule has 0 aliphatic carbocycles. The molecule has 0 aromatic heterocycles. The minimum atomic E-state index is -0.780. The molecule has 4 heteroatoms. The Kier molecular flexibility index (Phi) is 2.76. The van der Waals surface area contributed by atoms with Gasteiger partial charge in [0, 0.05) is 18.0 Å². The Morgan fingerprint density at radius 1 is 1.44 bits per heavy atom. The van der Waals surface area contributed by atoms with Crippen molar-refractivity contribution in [2.24, 2.45) is 5.41 Å². The van der Waals surface area contributed by atoms with Crippen LogP contribution in [-0.4, -0.2) is 18.9 Å². The van der Waals surface area contributed by atoms with Gasteiger partial charge in [0.15, 0.2) is 5.78 Å². The first-order valence-electron chi connectivity index (χ1n) is 5.23. The van der Waals surface area contributed by atoms with Crippen molar-refractivity contribution in [1.29, 1.82) is 0 Å². The molecular formula is C12H13F2NO. The number of benzene rings is 1. The largest absolute Gasteiger partial charge is 0.316 e. The number of rotatable bonds is 2. The smallest absolute Gasteiger partial charge is 0.172 e. The molecule has 0 saturated carbocycles. The monoisotopic (exact) mass is 225 g/mol. The fraction of sp³-hybridized carbons (Fsp3) is 0.417. The number of halogens is 2. The fourth-order valence-electron chi connectivity index (χ4n) is 2.01. The van der Waals surface area contributed by atoms with E-state index >= 15 is 0 Å². The quantitative estimate of drug-likeness (QED) is 0.781. The van der Waals surface area contributed by atoms with Gasteiger partial charge >= 0.3 is 0 Å². The Labute approximate surface area is 92.7 Å². The molecule has 2 rings (SSSR count). The summed E-state index contributed by atoms with van der Waals surface area (Å²) < 4.78 is 26.2. The molecule has 0 spiro atoms. The average Bonchev–Trinajstić information content (AvgIpc) is 2.66. The highest BCUT2D eigenvalue weighted by Crippen LogP contribution is 2.30. The van der Waals surface area contributed by atoms with Gasteiger partial charge < -0.3 is 5.32 Å². The Morgan fingerprint density at radius 3 is 2.75 bits per heavy atom. The predicted octanol–water partition coefficient (Wildman–Crippen LogP) is 2.15. The van der Waals surface area contributed by atoms with Gasteiger partial charge in [-0.15, -0.1) is 0 Å². The highest BCUT2D eigenvalue weighted by Gasteiger charge is 2.37. The van der Waals surface area contributed by atoms with E-state index in [1.165, 1.54) is 6.07 Å². The second-order valence-electron chi connectivity index (χ2n) is 4.44. The summed E-state index contributed by atoms with van der Waals surface area (Å²) in [6, 6.07) is 3.08. The van der Waals surface area contributed by atoms with E-state index in [1.807, 2.05) is 0 Å². The molecule has 1 N–H and O–H groups in total. The van der Waals surface area contributed by atoms with Crippen molar-refractivity contribution in [3.8, 4) is 0 Å². The van der Waals surface area contributed by atoms with Gasteiger partial charge in [-0.1, -0.05) is 6.92 Å². The van der Waals surface area contributed by atoms with Crippen LogP contribution in [0.25, 0.3) is 0 Å². The number of carbonyl (C=O) groups is 1. The normalized spacial score (nSPS) is 24.7. The number of carbonyl (C=O) groups excluding carboxylic acids is 1. The molecule has 1 aromatic rings. The first-order valence-corrected chi connectivity index (χ1v) is 5.23. The molecule has 0 bridgehead atoms. The van der Waals surface area contributed by atoms with Crippen molar-refractivity contribution >= 4 is 5.78 Å².